The number of rotatable bonds is 9. The molecule has 0 spiro atoms. The lowest BCUT2D eigenvalue weighted by atomic mass is 10.2. The third kappa shape index (κ3) is 6.90. The van der Waals surface area contributed by atoms with Crippen molar-refractivity contribution in [3.05, 3.63) is 64.0 Å². The zero-order valence-corrected chi connectivity index (χ0v) is 21.1. The van der Waals surface area contributed by atoms with Crippen molar-refractivity contribution in [3.63, 3.8) is 0 Å². The second-order valence-electron chi connectivity index (χ2n) is 7.35. The lowest BCUT2D eigenvalue weighted by molar-refractivity contribution is -0.143. The summed E-state index contributed by atoms with van der Waals surface area (Å²) in [6, 6.07) is 7.96. The summed E-state index contributed by atoms with van der Waals surface area (Å²) >= 11 is 11.9. The summed E-state index contributed by atoms with van der Waals surface area (Å²) in [5.41, 5.74) is 0.836. The molecule has 3 aromatic rings. The molecule has 14 heteroatoms. The number of anilines is 2. The van der Waals surface area contributed by atoms with Crippen LogP contribution in [0.3, 0.4) is 0 Å². The minimum absolute atomic E-state index is 0.0207. The molecule has 0 aliphatic carbocycles. The fraction of sp³-hybridized carbons (Fsp3) is 0.273. The highest BCUT2D eigenvalue weighted by Crippen LogP contribution is 2.25. The molecule has 1 atom stereocenters. The van der Waals surface area contributed by atoms with Gasteiger partial charge >= 0.3 is 12.1 Å². The van der Waals surface area contributed by atoms with Gasteiger partial charge in [0, 0.05) is 23.8 Å². The van der Waals surface area contributed by atoms with Crippen LogP contribution in [0.15, 0.2) is 42.7 Å². The molecule has 0 aliphatic rings. The van der Waals surface area contributed by atoms with Crippen LogP contribution < -0.4 is 15.5 Å². The Morgan fingerprint density at radius 1 is 1.22 bits per heavy atom. The van der Waals surface area contributed by atoms with Gasteiger partial charge in [0.15, 0.2) is 5.69 Å². The van der Waals surface area contributed by atoms with Crippen molar-refractivity contribution in [1.29, 1.82) is 0 Å². The Balaban J connectivity index is 1.63. The monoisotopic (exact) mass is 535 g/mol. The molecule has 0 radical (unpaired) electrons. The van der Waals surface area contributed by atoms with Gasteiger partial charge in [-0.2, -0.15) is 5.10 Å². The second kappa shape index (κ2) is 12.3. The van der Waals surface area contributed by atoms with E-state index < -0.39 is 24.2 Å². The number of halogens is 2. The molecule has 12 nitrogen and oxygen atoms in total. The van der Waals surface area contributed by atoms with Crippen molar-refractivity contribution >= 4 is 52.7 Å². The maximum absolute atomic E-state index is 12.7. The average Bonchev–Trinajstić information content (AvgIpc) is 3.35. The van der Waals surface area contributed by atoms with E-state index in [-0.39, 0.29) is 29.7 Å². The van der Waals surface area contributed by atoms with Crippen molar-refractivity contribution in [1.82, 2.24) is 25.3 Å². The molecule has 1 aromatic carbocycles. The molecule has 2 amide bonds. The summed E-state index contributed by atoms with van der Waals surface area (Å²) in [6.07, 6.45) is 0.999. The summed E-state index contributed by atoms with van der Waals surface area (Å²) in [7, 11) is 3.09. The topological polar surface area (TPSA) is 141 Å². The normalized spacial score (nSPS) is 11.5. The van der Waals surface area contributed by atoms with E-state index in [2.05, 4.69) is 25.8 Å². The van der Waals surface area contributed by atoms with Gasteiger partial charge in [-0.05, 0) is 38.2 Å². The number of nitrogens with zero attached hydrogens (tertiary/aromatic N) is 5. The Bertz CT molecular complexity index is 1250. The molecule has 0 saturated heterocycles. The number of carbonyl (C=O) groups is 3. The Labute approximate surface area is 216 Å². The van der Waals surface area contributed by atoms with Gasteiger partial charge in [-0.25, -0.2) is 9.78 Å². The van der Waals surface area contributed by atoms with Crippen LogP contribution in [0, 0.1) is 0 Å². The molecular formula is C22H23Cl2N7O5. The van der Waals surface area contributed by atoms with E-state index in [1.54, 1.807) is 31.3 Å². The minimum atomic E-state index is -0.957. The van der Waals surface area contributed by atoms with E-state index in [1.165, 1.54) is 32.4 Å². The number of nitrogens with one attached hydrogen (secondary N) is 2. The first-order chi connectivity index (χ1) is 17.2. The molecule has 3 rings (SSSR count). The summed E-state index contributed by atoms with van der Waals surface area (Å²) in [4.78, 5) is 43.3. The standard InChI is InChI=1S/C22H23Cl2N7O5/c1-13(31-27-10-18(29-31)21(33)28-17-7-6-15(23)9-16(17)24)36-22(34)30(3)20-14(5-4-8-26-20)12-35-19(32)11-25-2/h4-10,13,25H,11-12H2,1-3H3,(H,28,33). The predicted molar refractivity (Wildman–Crippen MR) is 132 cm³/mol. The number of hydrogen-bond donors (Lipinski definition) is 2. The van der Waals surface area contributed by atoms with E-state index in [4.69, 9.17) is 32.7 Å². The SMILES string of the molecule is CNCC(=O)OCc1cccnc1N(C)C(=O)OC(C)n1ncc(C(=O)Nc2ccc(Cl)cc2Cl)n1. The van der Waals surface area contributed by atoms with Crippen LogP contribution in [0.1, 0.15) is 29.2 Å². The lowest BCUT2D eigenvalue weighted by Gasteiger charge is -2.21. The largest absolute Gasteiger partial charge is 0.460 e. The number of ether oxygens (including phenoxy) is 2. The Morgan fingerprint density at radius 2 is 2.00 bits per heavy atom. The van der Waals surface area contributed by atoms with Crippen LogP contribution in [0.25, 0.3) is 0 Å². The van der Waals surface area contributed by atoms with Crippen molar-refractivity contribution in [3.8, 4) is 0 Å². The zero-order chi connectivity index (χ0) is 26.2. The van der Waals surface area contributed by atoms with Gasteiger partial charge in [0.1, 0.15) is 12.4 Å². The van der Waals surface area contributed by atoms with Crippen LogP contribution in [-0.4, -0.2) is 58.6 Å². The van der Waals surface area contributed by atoms with Crippen molar-refractivity contribution in [2.45, 2.75) is 19.8 Å². The van der Waals surface area contributed by atoms with E-state index in [0.29, 0.717) is 16.3 Å². The Kier molecular flexibility index (Phi) is 9.17. The van der Waals surface area contributed by atoms with Gasteiger partial charge in [-0.1, -0.05) is 29.3 Å². The molecule has 1 unspecified atom stereocenters. The first-order valence-corrected chi connectivity index (χ1v) is 11.3. The van der Waals surface area contributed by atoms with Crippen LogP contribution in [0.5, 0.6) is 0 Å². The second-order valence-corrected chi connectivity index (χ2v) is 8.19. The molecule has 0 saturated carbocycles. The first-order valence-electron chi connectivity index (χ1n) is 10.6. The van der Waals surface area contributed by atoms with Crippen LogP contribution >= 0.6 is 23.2 Å². The average molecular weight is 536 g/mol. The maximum atomic E-state index is 12.7. The molecular weight excluding hydrogens is 513 g/mol. The van der Waals surface area contributed by atoms with Crippen LogP contribution in [0.2, 0.25) is 10.0 Å². The number of benzene rings is 1. The van der Waals surface area contributed by atoms with Crippen molar-refractivity contribution in [2.75, 3.05) is 30.9 Å². The number of likely N-dealkylation sites (N-methyl/N-ethyl adjacent to an activating group) is 1. The smallest absolute Gasteiger partial charge is 0.417 e. The molecule has 2 N–H and O–H groups in total. The highest BCUT2D eigenvalue weighted by atomic mass is 35.5. The quantitative estimate of drug-likeness (QED) is 0.394. The maximum Gasteiger partial charge on any atom is 0.417 e. The van der Waals surface area contributed by atoms with Crippen LogP contribution in [-0.2, 0) is 20.9 Å². The summed E-state index contributed by atoms with van der Waals surface area (Å²) < 4.78 is 10.6. The third-order valence-electron chi connectivity index (χ3n) is 4.69. The van der Waals surface area contributed by atoms with Gasteiger partial charge in [0.2, 0.25) is 6.23 Å². The fourth-order valence-corrected chi connectivity index (χ4v) is 3.35. The predicted octanol–water partition coefficient (Wildman–Crippen LogP) is 3.29. The van der Waals surface area contributed by atoms with Gasteiger partial charge in [-0.3, -0.25) is 14.5 Å². The number of amides is 2. The lowest BCUT2D eigenvalue weighted by Crippen LogP contribution is -2.31. The highest BCUT2D eigenvalue weighted by Gasteiger charge is 2.22. The van der Waals surface area contributed by atoms with Crippen molar-refractivity contribution in [2.24, 2.45) is 0 Å². The molecule has 0 fully saturated rings. The molecule has 0 bridgehead atoms. The van der Waals surface area contributed by atoms with Gasteiger partial charge in [-0.15, -0.1) is 9.90 Å². The van der Waals surface area contributed by atoms with Crippen LogP contribution in [0.4, 0.5) is 16.3 Å². The van der Waals surface area contributed by atoms with Gasteiger partial charge < -0.3 is 20.1 Å². The third-order valence-corrected chi connectivity index (χ3v) is 5.23. The molecule has 0 aliphatic heterocycles. The zero-order valence-electron chi connectivity index (χ0n) is 19.6. The van der Waals surface area contributed by atoms with E-state index in [1.807, 2.05) is 0 Å². The number of esters is 1. The number of pyridine rings is 1. The molecule has 190 valence electrons. The van der Waals surface area contributed by atoms with Gasteiger partial charge in [0.25, 0.3) is 5.91 Å². The minimum Gasteiger partial charge on any atom is -0.460 e. The van der Waals surface area contributed by atoms with E-state index in [9.17, 15) is 14.4 Å². The summed E-state index contributed by atoms with van der Waals surface area (Å²) in [5.74, 6) is -0.763. The molecule has 36 heavy (non-hydrogen) atoms. The first kappa shape index (κ1) is 26.9. The Morgan fingerprint density at radius 3 is 2.72 bits per heavy atom. The summed E-state index contributed by atoms with van der Waals surface area (Å²) in [5, 5.41) is 14.1. The van der Waals surface area contributed by atoms with Crippen molar-refractivity contribution < 1.29 is 23.9 Å². The van der Waals surface area contributed by atoms with E-state index in [0.717, 1.165) is 9.70 Å². The summed E-state index contributed by atoms with van der Waals surface area (Å²) in [6.45, 7) is 1.50. The fourth-order valence-electron chi connectivity index (χ4n) is 2.89. The number of carbonyl (C=O) groups excluding carboxylic acids is 3. The Hall–Kier alpha value is -3.74. The molecule has 2 heterocycles. The number of aromatic nitrogens is 4. The van der Waals surface area contributed by atoms with Gasteiger partial charge in [0.05, 0.1) is 23.5 Å². The molecule has 2 aromatic heterocycles. The number of hydrogen-bond acceptors (Lipinski definition) is 9. The van der Waals surface area contributed by atoms with E-state index >= 15 is 0 Å². The highest BCUT2D eigenvalue weighted by molar-refractivity contribution is 6.36.